The first-order valence-electron chi connectivity index (χ1n) is 6.00. The second-order valence-electron chi connectivity index (χ2n) is 4.67. The van der Waals surface area contributed by atoms with Crippen molar-refractivity contribution < 1.29 is 36.1 Å². The molecule has 1 aliphatic rings. The van der Waals surface area contributed by atoms with E-state index in [2.05, 4.69) is 26.1 Å². The molecule has 1 aliphatic heterocycles. The topological polar surface area (TPSA) is 68.5 Å². The zero-order chi connectivity index (χ0) is 14.3. The summed E-state index contributed by atoms with van der Waals surface area (Å²) in [6.07, 6.45) is 0. The number of esters is 1. The fourth-order valence-electron chi connectivity index (χ4n) is 1.89. The minimum absolute atomic E-state index is 0.0643. The molecule has 2 unspecified atom stereocenters. The van der Waals surface area contributed by atoms with Crippen molar-refractivity contribution in [1.82, 2.24) is 3.53 Å². The maximum atomic E-state index is 12.3. The van der Waals surface area contributed by atoms with Gasteiger partial charge in [-0.1, -0.05) is 0 Å². The van der Waals surface area contributed by atoms with Crippen LogP contribution in [0.5, 0.6) is 11.5 Å². The van der Waals surface area contributed by atoms with Gasteiger partial charge in [0.1, 0.15) is 0 Å². The molecule has 6 heteroatoms. The Hall–Kier alpha value is -0.610. The first kappa shape index (κ1) is 14.3. The van der Waals surface area contributed by atoms with Crippen LogP contribution in [0.4, 0.5) is 0 Å². The summed E-state index contributed by atoms with van der Waals surface area (Å²) in [4.78, 5) is 12.3. The van der Waals surface area contributed by atoms with Gasteiger partial charge in [-0.3, -0.25) is 0 Å². The summed E-state index contributed by atoms with van der Waals surface area (Å²) in [5, 5.41) is 11.3. The van der Waals surface area contributed by atoms with Crippen LogP contribution < -0.4 is 29.7 Å². The van der Waals surface area contributed by atoms with Gasteiger partial charge in [-0.05, 0) is 0 Å². The fraction of sp³-hybridized carbons (Fsp3) is 0.214. The van der Waals surface area contributed by atoms with E-state index < -0.39 is 3.42 Å². The molecule has 2 atom stereocenters. The molecule has 0 bridgehead atoms. The molecule has 20 heavy (non-hydrogen) atoms. The van der Waals surface area contributed by atoms with Crippen molar-refractivity contribution in [2.75, 3.05) is 0 Å². The van der Waals surface area contributed by atoms with Crippen molar-refractivity contribution in [1.29, 1.82) is 0 Å². The van der Waals surface area contributed by atoms with E-state index in [1.54, 1.807) is 30.3 Å². The molecule has 0 radical (unpaired) electrons. The molecule has 2 aromatic rings. The summed E-state index contributed by atoms with van der Waals surface area (Å²) in [5.41, 5.74) is 0. The van der Waals surface area contributed by atoms with E-state index in [0.717, 1.165) is 5.39 Å². The molecule has 1 heterocycles. The molecule has 106 valence electrons. The van der Waals surface area contributed by atoms with Gasteiger partial charge in [0.2, 0.25) is 0 Å². The van der Waals surface area contributed by atoms with Crippen LogP contribution in [0.3, 0.4) is 0 Å². The van der Waals surface area contributed by atoms with E-state index in [9.17, 15) is 9.90 Å². The number of halogens is 2. The van der Waals surface area contributed by atoms with Crippen molar-refractivity contribution in [3.05, 3.63) is 36.4 Å². The summed E-state index contributed by atoms with van der Waals surface area (Å²) in [6.45, 7) is 1.89. The molecular weight excluding hydrogens is 484 g/mol. The molecule has 0 spiro atoms. The van der Waals surface area contributed by atoms with Crippen LogP contribution in [0.2, 0.25) is 0 Å². The van der Waals surface area contributed by atoms with Crippen LogP contribution in [0, 0.1) is 0 Å². The number of phenols is 1. The quantitative estimate of drug-likeness (QED) is 0.115. The van der Waals surface area contributed by atoms with Gasteiger partial charge in [-0.15, -0.1) is 0 Å². The second kappa shape index (κ2) is 5.30. The number of carbonyl (C=O) groups excluding carboxylic acids is 1. The zero-order valence-corrected chi connectivity index (χ0v) is 14.9. The van der Waals surface area contributed by atoms with Gasteiger partial charge >= 0.3 is 141 Å². The van der Waals surface area contributed by atoms with Gasteiger partial charge in [0, 0.05) is 0 Å². The molecule has 1 fully saturated rings. The number of carbonyl (C=O) groups is 1. The van der Waals surface area contributed by atoms with Gasteiger partial charge in [-0.25, -0.2) is 0 Å². The Labute approximate surface area is 140 Å². The molecular formula is C14H12I2NO3-. The van der Waals surface area contributed by atoms with E-state index >= 15 is 0 Å². The molecule has 1 saturated heterocycles. The van der Waals surface area contributed by atoms with Crippen molar-refractivity contribution in [2.24, 2.45) is 0 Å². The first-order valence-corrected chi connectivity index (χ1v) is 9.40. The summed E-state index contributed by atoms with van der Waals surface area (Å²) >= 11 is 2.09. The van der Waals surface area contributed by atoms with Gasteiger partial charge in [-0.2, -0.15) is 0 Å². The van der Waals surface area contributed by atoms with E-state index in [4.69, 9.17) is 4.74 Å². The third-order valence-electron chi connectivity index (χ3n) is 3.16. The average Bonchev–Trinajstić information content (AvgIpc) is 3.24. The molecule has 0 saturated carbocycles. The van der Waals surface area contributed by atoms with Crippen molar-refractivity contribution >= 4 is 39.3 Å². The summed E-state index contributed by atoms with van der Waals surface area (Å²) < 4.78 is 8.56. The predicted octanol–water partition coefficient (Wildman–Crippen LogP) is -0.422. The van der Waals surface area contributed by atoms with Crippen molar-refractivity contribution in [3.63, 3.8) is 0 Å². The standard InChI is InChI=1S/C14H12I2NO3/c1-14(15,12-16-17-12)13(19)20-11-7-3-4-8-9(11)5-2-6-10(8)18/h2-7,12,17-18H,1H3/q-1. The molecule has 0 aromatic heterocycles. The van der Waals surface area contributed by atoms with E-state index in [1.807, 2.05) is 13.0 Å². The number of aromatic hydroxyl groups is 1. The first-order chi connectivity index (χ1) is 9.50. The van der Waals surface area contributed by atoms with Crippen LogP contribution in [0.15, 0.2) is 36.4 Å². The monoisotopic (exact) mass is 496 g/mol. The number of fused-ring (bicyclic) bond motifs is 1. The third kappa shape index (κ3) is 2.60. The van der Waals surface area contributed by atoms with Crippen molar-refractivity contribution in [2.45, 2.75) is 14.4 Å². The number of hydrogen-bond acceptors (Lipinski definition) is 4. The Morgan fingerprint density at radius 2 is 2.00 bits per heavy atom. The predicted molar refractivity (Wildman–Crippen MR) is 80.6 cm³/mol. The molecule has 3 rings (SSSR count). The van der Waals surface area contributed by atoms with Gasteiger partial charge < -0.3 is 0 Å². The van der Waals surface area contributed by atoms with Crippen molar-refractivity contribution in [3.8, 4) is 11.5 Å². The van der Waals surface area contributed by atoms with Crippen LogP contribution in [-0.2, 0) is 4.79 Å². The van der Waals surface area contributed by atoms with Gasteiger partial charge in [0.25, 0.3) is 0 Å². The number of rotatable bonds is 3. The van der Waals surface area contributed by atoms with E-state index in [1.165, 1.54) is 0 Å². The molecule has 4 nitrogen and oxygen atoms in total. The van der Waals surface area contributed by atoms with Gasteiger partial charge in [0.05, 0.1) is 0 Å². The molecule has 2 N–H and O–H groups in total. The van der Waals surface area contributed by atoms with Gasteiger partial charge in [0.15, 0.2) is 0 Å². The van der Waals surface area contributed by atoms with E-state index in [0.29, 0.717) is 11.1 Å². The maximum absolute atomic E-state index is 12.3. The third-order valence-corrected chi connectivity index (χ3v) is 7.90. The summed E-state index contributed by atoms with van der Waals surface area (Å²) in [6, 6.07) is 10.5. The number of benzene rings is 2. The Morgan fingerprint density at radius 1 is 1.35 bits per heavy atom. The SMILES string of the molecule is CC(I)(C(=O)Oc1cccc2c(O)cccc12)C1N[I-]1. The molecule has 0 aliphatic carbocycles. The van der Waals surface area contributed by atoms with Crippen LogP contribution >= 0.6 is 22.6 Å². The normalized spacial score (nSPS) is 20.8. The summed E-state index contributed by atoms with van der Waals surface area (Å²) in [7, 11) is 0. The minimum atomic E-state index is -0.538. The molecule has 2 aromatic carbocycles. The number of alkyl halides is 2. The number of ether oxygens (including phenoxy) is 1. The zero-order valence-electron chi connectivity index (χ0n) is 10.6. The Morgan fingerprint density at radius 3 is 2.70 bits per heavy atom. The average molecular weight is 496 g/mol. The van der Waals surface area contributed by atoms with E-state index in [-0.39, 0.29) is 37.2 Å². The Balaban J connectivity index is 1.95. The fourth-order valence-corrected chi connectivity index (χ4v) is 5.19. The van der Waals surface area contributed by atoms with Crippen LogP contribution in [0.1, 0.15) is 6.92 Å². The Kier molecular flexibility index (Phi) is 3.80. The summed E-state index contributed by atoms with van der Waals surface area (Å²) in [5.74, 6) is 0.432. The number of nitrogens with one attached hydrogen (secondary N) is 1. The van der Waals surface area contributed by atoms with Crippen LogP contribution in [-0.4, -0.2) is 18.5 Å². The molecule has 0 amide bonds. The van der Waals surface area contributed by atoms with Crippen LogP contribution in [0.25, 0.3) is 10.8 Å². The number of hydrogen-bond donors (Lipinski definition) is 2. The number of phenolic OH excluding ortho intramolecular Hbond substituents is 1. The Bertz CT molecular complexity index is 683. The second-order valence-corrected chi connectivity index (χ2v) is 9.41.